The van der Waals surface area contributed by atoms with Gasteiger partial charge in [-0.15, -0.1) is 0 Å². The first-order valence-electron chi connectivity index (χ1n) is 12.5. The van der Waals surface area contributed by atoms with E-state index in [1.165, 1.54) is 3.97 Å². The van der Waals surface area contributed by atoms with E-state index in [0.717, 1.165) is 39.1 Å². The van der Waals surface area contributed by atoms with Gasteiger partial charge in [-0.1, -0.05) is 36.7 Å². The number of benzene rings is 2. The van der Waals surface area contributed by atoms with Crippen LogP contribution in [0.25, 0.3) is 11.0 Å². The fraction of sp³-hybridized carbons (Fsp3) is 0.310. The second-order valence-corrected chi connectivity index (χ2v) is 11.8. The Labute approximate surface area is 223 Å². The largest absolute Gasteiger partial charge is 0.485 e. The Morgan fingerprint density at radius 2 is 1.76 bits per heavy atom. The number of oxime groups is 1. The maximum absolute atomic E-state index is 13.5. The van der Waals surface area contributed by atoms with Crippen LogP contribution < -0.4 is 10.5 Å². The van der Waals surface area contributed by atoms with Gasteiger partial charge in [0.1, 0.15) is 12.4 Å². The predicted octanol–water partition coefficient (Wildman–Crippen LogP) is 5.35. The van der Waals surface area contributed by atoms with Crippen LogP contribution in [0.4, 0.5) is 0 Å². The number of hydrogen-bond acceptors (Lipinski definition) is 6. The molecule has 0 radical (unpaired) electrons. The van der Waals surface area contributed by atoms with Gasteiger partial charge < -0.3 is 15.7 Å². The molecule has 2 aromatic carbocycles. The summed E-state index contributed by atoms with van der Waals surface area (Å²) >= 11 is 0. The summed E-state index contributed by atoms with van der Waals surface area (Å²) in [7, 11) is -3.77. The molecule has 0 unspecified atom stereocenters. The van der Waals surface area contributed by atoms with Gasteiger partial charge in [-0.05, 0) is 91.8 Å². The molecule has 9 heteroatoms. The minimum absolute atomic E-state index is 0.00132. The van der Waals surface area contributed by atoms with Crippen LogP contribution in [-0.4, -0.2) is 35.0 Å². The van der Waals surface area contributed by atoms with E-state index in [0.29, 0.717) is 23.2 Å². The predicted molar refractivity (Wildman–Crippen MR) is 150 cm³/mol. The monoisotopic (exact) mass is 534 g/mol. The number of rotatable bonds is 8. The van der Waals surface area contributed by atoms with Crippen LogP contribution in [0.1, 0.15) is 58.8 Å². The van der Waals surface area contributed by atoms with Crippen LogP contribution in [-0.2, 0) is 16.4 Å². The zero-order valence-electron chi connectivity index (χ0n) is 22.6. The van der Waals surface area contributed by atoms with E-state index in [4.69, 9.17) is 20.7 Å². The second-order valence-electron chi connectivity index (χ2n) is 10.0. The first kappa shape index (κ1) is 27.2. The molecule has 0 saturated carbocycles. The molecular weight excluding hydrogens is 500 g/mol. The molecule has 2 heterocycles. The maximum Gasteiger partial charge on any atom is 0.268 e. The highest BCUT2D eigenvalue weighted by molar-refractivity contribution is 7.90. The summed E-state index contributed by atoms with van der Waals surface area (Å²) in [4.78, 5) is 5.21. The molecule has 0 aliphatic carbocycles. The van der Waals surface area contributed by atoms with Gasteiger partial charge in [0, 0.05) is 18.3 Å². The molecule has 4 rings (SSSR count). The van der Waals surface area contributed by atoms with Gasteiger partial charge in [0.15, 0.2) is 5.84 Å². The molecular formula is C29H34N4O4S. The highest BCUT2D eigenvalue weighted by atomic mass is 32.2. The molecule has 0 aliphatic rings. The van der Waals surface area contributed by atoms with Crippen LogP contribution >= 0.6 is 0 Å². The third-order valence-corrected chi connectivity index (χ3v) is 8.66. The van der Waals surface area contributed by atoms with Crippen molar-refractivity contribution in [2.24, 2.45) is 10.9 Å². The SMILES string of the molecule is Cc1ccc(S(=O)(=O)n2cc(C(C)C)c3nc(Cc4c(C)cc(OCC(N)=NO)c(C)c4C)ccc32)cc1. The normalized spacial score (nSPS) is 12.4. The minimum Gasteiger partial charge on any atom is -0.485 e. The first-order valence-corrected chi connectivity index (χ1v) is 13.9. The summed E-state index contributed by atoms with van der Waals surface area (Å²) < 4.78 is 34.2. The lowest BCUT2D eigenvalue weighted by Gasteiger charge is -2.17. The van der Waals surface area contributed by atoms with E-state index in [-0.39, 0.29) is 23.3 Å². The third-order valence-electron chi connectivity index (χ3n) is 6.97. The molecule has 200 valence electrons. The average Bonchev–Trinajstić information content (AvgIpc) is 3.28. The minimum atomic E-state index is -3.77. The Morgan fingerprint density at radius 1 is 1.08 bits per heavy atom. The Morgan fingerprint density at radius 3 is 2.39 bits per heavy atom. The van der Waals surface area contributed by atoms with Crippen molar-refractivity contribution in [2.45, 2.75) is 58.8 Å². The van der Waals surface area contributed by atoms with Crippen LogP contribution in [0.2, 0.25) is 0 Å². The number of nitrogens with two attached hydrogens (primary N) is 1. The van der Waals surface area contributed by atoms with Crippen molar-refractivity contribution in [2.75, 3.05) is 6.61 Å². The standard InChI is InChI=1S/C29H34N4O4S/c1-17(2)25-15-33(38(35,36)23-10-7-18(3)8-11-23)26-12-9-22(31-29(25)26)14-24-19(4)13-27(21(6)20(24)5)37-16-28(30)32-34/h7-13,15,17,34H,14,16H2,1-6H3,(H2,30,32). The molecule has 38 heavy (non-hydrogen) atoms. The Hall–Kier alpha value is -3.85. The average molecular weight is 535 g/mol. The van der Waals surface area contributed by atoms with Crippen molar-refractivity contribution in [3.8, 4) is 5.75 Å². The summed E-state index contributed by atoms with van der Waals surface area (Å²) in [5.74, 6) is 0.768. The number of pyridine rings is 1. The van der Waals surface area contributed by atoms with Crippen LogP contribution in [0, 0.1) is 27.7 Å². The highest BCUT2D eigenvalue weighted by Gasteiger charge is 2.23. The molecule has 0 atom stereocenters. The van der Waals surface area contributed by atoms with Crippen molar-refractivity contribution in [3.63, 3.8) is 0 Å². The Balaban J connectivity index is 1.75. The molecule has 0 saturated heterocycles. The lowest BCUT2D eigenvalue weighted by Crippen LogP contribution is -2.21. The molecule has 0 aliphatic heterocycles. The summed E-state index contributed by atoms with van der Waals surface area (Å²) in [6.07, 6.45) is 2.29. The molecule has 0 fully saturated rings. The van der Waals surface area contributed by atoms with Gasteiger partial charge in [-0.25, -0.2) is 12.4 Å². The van der Waals surface area contributed by atoms with Gasteiger partial charge in [0.05, 0.1) is 15.9 Å². The van der Waals surface area contributed by atoms with Crippen molar-refractivity contribution in [3.05, 3.63) is 87.7 Å². The highest BCUT2D eigenvalue weighted by Crippen LogP contribution is 2.32. The lowest BCUT2D eigenvalue weighted by molar-refractivity contribution is 0.306. The number of ether oxygens (including phenoxy) is 1. The van der Waals surface area contributed by atoms with Crippen molar-refractivity contribution >= 4 is 26.9 Å². The van der Waals surface area contributed by atoms with Gasteiger partial charge in [0.25, 0.3) is 10.0 Å². The lowest BCUT2D eigenvalue weighted by atomic mass is 9.94. The molecule has 2 aromatic heterocycles. The Kier molecular flexibility index (Phi) is 7.51. The number of fused-ring (bicyclic) bond motifs is 1. The fourth-order valence-electron chi connectivity index (χ4n) is 4.57. The summed E-state index contributed by atoms with van der Waals surface area (Å²) in [6.45, 7) is 12.0. The van der Waals surface area contributed by atoms with E-state index in [1.54, 1.807) is 30.5 Å². The number of aryl methyl sites for hydroxylation is 2. The summed E-state index contributed by atoms with van der Waals surface area (Å²) in [5, 5.41) is 11.7. The van der Waals surface area contributed by atoms with Gasteiger partial charge in [-0.2, -0.15) is 0 Å². The van der Waals surface area contributed by atoms with Gasteiger partial charge >= 0.3 is 0 Å². The number of hydrogen-bond donors (Lipinski definition) is 2. The third kappa shape index (κ3) is 5.11. The molecule has 0 amide bonds. The van der Waals surface area contributed by atoms with Crippen LogP contribution in [0.3, 0.4) is 0 Å². The van der Waals surface area contributed by atoms with Crippen LogP contribution in [0.15, 0.2) is 58.7 Å². The molecule has 0 spiro atoms. The quantitative estimate of drug-likeness (QED) is 0.136. The van der Waals surface area contributed by atoms with E-state index in [1.807, 2.05) is 59.7 Å². The smallest absolute Gasteiger partial charge is 0.268 e. The van der Waals surface area contributed by atoms with Gasteiger partial charge in [0.2, 0.25) is 0 Å². The van der Waals surface area contributed by atoms with E-state index < -0.39 is 10.0 Å². The van der Waals surface area contributed by atoms with E-state index in [2.05, 4.69) is 5.16 Å². The maximum atomic E-state index is 13.5. The van der Waals surface area contributed by atoms with Gasteiger partial charge in [-0.3, -0.25) is 4.98 Å². The number of nitrogens with zero attached hydrogens (tertiary/aromatic N) is 3. The zero-order chi connectivity index (χ0) is 27.8. The second kappa shape index (κ2) is 10.5. The first-order chi connectivity index (χ1) is 17.9. The Bertz CT molecular complexity index is 1640. The summed E-state index contributed by atoms with van der Waals surface area (Å²) in [5.41, 5.74) is 13.7. The van der Waals surface area contributed by atoms with Crippen LogP contribution in [0.5, 0.6) is 5.75 Å². The van der Waals surface area contributed by atoms with Crippen molar-refractivity contribution < 1.29 is 18.4 Å². The summed E-state index contributed by atoms with van der Waals surface area (Å²) in [6, 6.07) is 12.6. The number of amidine groups is 1. The topological polar surface area (TPSA) is 120 Å². The molecule has 4 aromatic rings. The zero-order valence-corrected chi connectivity index (χ0v) is 23.4. The molecule has 3 N–H and O–H groups in total. The van der Waals surface area contributed by atoms with Crippen molar-refractivity contribution in [1.29, 1.82) is 0 Å². The van der Waals surface area contributed by atoms with E-state index in [9.17, 15) is 8.42 Å². The fourth-order valence-corrected chi connectivity index (χ4v) is 5.93. The van der Waals surface area contributed by atoms with E-state index >= 15 is 0 Å². The van der Waals surface area contributed by atoms with Crippen molar-refractivity contribution in [1.82, 2.24) is 8.96 Å². The molecule has 0 bridgehead atoms. The number of aromatic nitrogens is 2. The molecule has 8 nitrogen and oxygen atoms in total.